The molecule has 0 aliphatic carbocycles. The van der Waals surface area contributed by atoms with E-state index < -0.39 is 17.6 Å². The van der Waals surface area contributed by atoms with Crippen LogP contribution in [0.3, 0.4) is 0 Å². The lowest BCUT2D eigenvalue weighted by atomic mass is 10.1. The number of rotatable bonds is 4. The molecular formula is C16H11ClF2N4O2. The molecular weight excluding hydrogens is 354 g/mol. The first-order valence-electron chi connectivity index (χ1n) is 7.21. The Labute approximate surface area is 146 Å². The quantitative estimate of drug-likeness (QED) is 0.524. The Morgan fingerprint density at radius 1 is 1.28 bits per heavy atom. The largest absolute Gasteiger partial charge is 0.461 e. The SMILES string of the molecule is CCOC(=O)c1c(-c2ccc(Cl)nc2)nnn1-c1ccc(F)cc1F. The molecule has 0 aliphatic rings. The summed E-state index contributed by atoms with van der Waals surface area (Å²) in [6.07, 6.45) is 1.40. The smallest absolute Gasteiger partial charge is 0.359 e. The molecule has 25 heavy (non-hydrogen) atoms. The van der Waals surface area contributed by atoms with Gasteiger partial charge < -0.3 is 4.74 Å². The summed E-state index contributed by atoms with van der Waals surface area (Å²) in [5.41, 5.74) is 0.356. The van der Waals surface area contributed by atoms with Gasteiger partial charge in [0.15, 0.2) is 11.5 Å². The van der Waals surface area contributed by atoms with Gasteiger partial charge in [0.05, 0.1) is 6.61 Å². The molecule has 0 saturated carbocycles. The van der Waals surface area contributed by atoms with E-state index in [4.69, 9.17) is 16.3 Å². The van der Waals surface area contributed by atoms with Crippen molar-refractivity contribution in [3.63, 3.8) is 0 Å². The standard InChI is InChI=1S/C16H11ClF2N4O2/c1-2-25-16(24)15-14(9-3-6-13(17)20-8-9)21-22-23(15)12-5-4-10(18)7-11(12)19/h3-8H,2H2,1H3. The highest BCUT2D eigenvalue weighted by Crippen LogP contribution is 2.25. The van der Waals surface area contributed by atoms with Gasteiger partial charge in [0.1, 0.15) is 22.4 Å². The van der Waals surface area contributed by atoms with Crippen LogP contribution in [-0.4, -0.2) is 32.6 Å². The third kappa shape index (κ3) is 3.34. The summed E-state index contributed by atoms with van der Waals surface area (Å²) >= 11 is 5.76. The summed E-state index contributed by atoms with van der Waals surface area (Å²) in [5.74, 6) is -2.39. The van der Waals surface area contributed by atoms with Crippen molar-refractivity contribution in [1.82, 2.24) is 20.0 Å². The third-order valence-electron chi connectivity index (χ3n) is 3.28. The molecule has 1 aromatic carbocycles. The summed E-state index contributed by atoms with van der Waals surface area (Å²) in [7, 11) is 0. The fourth-order valence-electron chi connectivity index (χ4n) is 2.20. The summed E-state index contributed by atoms with van der Waals surface area (Å²) in [6, 6.07) is 6.01. The Morgan fingerprint density at radius 2 is 2.08 bits per heavy atom. The van der Waals surface area contributed by atoms with Gasteiger partial charge in [-0.2, -0.15) is 0 Å². The van der Waals surface area contributed by atoms with Gasteiger partial charge in [0, 0.05) is 17.8 Å². The highest BCUT2D eigenvalue weighted by molar-refractivity contribution is 6.29. The first-order valence-corrected chi connectivity index (χ1v) is 7.59. The van der Waals surface area contributed by atoms with Gasteiger partial charge in [-0.05, 0) is 31.2 Å². The highest BCUT2D eigenvalue weighted by Gasteiger charge is 2.25. The fourth-order valence-corrected chi connectivity index (χ4v) is 2.31. The van der Waals surface area contributed by atoms with E-state index in [1.165, 1.54) is 12.3 Å². The third-order valence-corrected chi connectivity index (χ3v) is 3.50. The van der Waals surface area contributed by atoms with Gasteiger partial charge in [0.2, 0.25) is 0 Å². The maximum atomic E-state index is 14.1. The minimum absolute atomic E-state index is 0.100. The van der Waals surface area contributed by atoms with Gasteiger partial charge in [0.25, 0.3) is 0 Å². The van der Waals surface area contributed by atoms with E-state index in [1.807, 2.05) is 0 Å². The van der Waals surface area contributed by atoms with Crippen molar-refractivity contribution in [2.45, 2.75) is 6.92 Å². The Bertz CT molecular complexity index is 928. The number of benzene rings is 1. The van der Waals surface area contributed by atoms with Crippen LogP contribution in [0.4, 0.5) is 8.78 Å². The van der Waals surface area contributed by atoms with Crippen molar-refractivity contribution in [1.29, 1.82) is 0 Å². The number of hydrogen-bond donors (Lipinski definition) is 0. The lowest BCUT2D eigenvalue weighted by Crippen LogP contribution is -2.14. The molecule has 0 spiro atoms. The number of ether oxygens (including phenoxy) is 1. The molecule has 0 atom stereocenters. The van der Waals surface area contributed by atoms with Gasteiger partial charge in [-0.3, -0.25) is 0 Å². The number of halogens is 3. The predicted molar refractivity (Wildman–Crippen MR) is 85.5 cm³/mol. The monoisotopic (exact) mass is 364 g/mol. The predicted octanol–water partition coefficient (Wildman–Crippen LogP) is 3.44. The van der Waals surface area contributed by atoms with Crippen molar-refractivity contribution >= 4 is 17.6 Å². The van der Waals surface area contributed by atoms with Crippen LogP contribution in [0.5, 0.6) is 0 Å². The number of pyridine rings is 1. The number of nitrogens with zero attached hydrogens (tertiary/aromatic N) is 4. The molecule has 3 aromatic rings. The van der Waals surface area contributed by atoms with Gasteiger partial charge in [-0.1, -0.05) is 16.8 Å². The van der Waals surface area contributed by atoms with Crippen LogP contribution in [0.15, 0.2) is 36.5 Å². The van der Waals surface area contributed by atoms with Gasteiger partial charge >= 0.3 is 5.97 Å². The van der Waals surface area contributed by atoms with E-state index in [2.05, 4.69) is 15.3 Å². The second-order valence-corrected chi connectivity index (χ2v) is 5.27. The van der Waals surface area contributed by atoms with E-state index >= 15 is 0 Å². The Kier molecular flexibility index (Phi) is 4.71. The van der Waals surface area contributed by atoms with Crippen LogP contribution in [0.25, 0.3) is 16.9 Å². The van der Waals surface area contributed by atoms with Crippen molar-refractivity contribution in [2.75, 3.05) is 6.61 Å². The molecule has 0 N–H and O–H groups in total. The first kappa shape index (κ1) is 17.0. The molecule has 9 heteroatoms. The molecule has 0 amide bonds. The summed E-state index contributed by atoms with van der Waals surface area (Å²) in [6.45, 7) is 1.74. The molecule has 0 unspecified atom stereocenters. The molecule has 2 heterocycles. The zero-order valence-electron chi connectivity index (χ0n) is 12.9. The van der Waals surface area contributed by atoms with E-state index in [0.717, 1.165) is 16.8 Å². The zero-order chi connectivity index (χ0) is 18.0. The van der Waals surface area contributed by atoms with Gasteiger partial charge in [-0.15, -0.1) is 5.10 Å². The minimum atomic E-state index is -0.892. The molecule has 0 aliphatic heterocycles. The van der Waals surface area contributed by atoms with Crippen molar-refractivity contribution < 1.29 is 18.3 Å². The van der Waals surface area contributed by atoms with Crippen molar-refractivity contribution in [2.24, 2.45) is 0 Å². The molecule has 6 nitrogen and oxygen atoms in total. The normalized spacial score (nSPS) is 10.7. The second-order valence-electron chi connectivity index (χ2n) is 4.88. The molecule has 0 bridgehead atoms. The Balaban J connectivity index is 2.19. The number of aromatic nitrogens is 4. The van der Waals surface area contributed by atoms with Crippen molar-refractivity contribution in [3.05, 3.63) is 59.0 Å². The summed E-state index contributed by atoms with van der Waals surface area (Å²) in [4.78, 5) is 16.3. The zero-order valence-corrected chi connectivity index (χ0v) is 13.7. The van der Waals surface area contributed by atoms with E-state index in [-0.39, 0.29) is 28.8 Å². The van der Waals surface area contributed by atoms with Crippen LogP contribution in [0.2, 0.25) is 5.15 Å². The van der Waals surface area contributed by atoms with Crippen molar-refractivity contribution in [3.8, 4) is 16.9 Å². The van der Waals surface area contributed by atoms with Gasteiger partial charge in [-0.25, -0.2) is 23.2 Å². The highest BCUT2D eigenvalue weighted by atomic mass is 35.5. The van der Waals surface area contributed by atoms with E-state index in [0.29, 0.717) is 11.6 Å². The van der Waals surface area contributed by atoms with Crippen LogP contribution in [-0.2, 0) is 4.74 Å². The van der Waals surface area contributed by atoms with E-state index in [9.17, 15) is 13.6 Å². The minimum Gasteiger partial charge on any atom is -0.461 e. The van der Waals surface area contributed by atoms with E-state index in [1.54, 1.807) is 13.0 Å². The molecule has 3 rings (SSSR count). The number of hydrogen-bond acceptors (Lipinski definition) is 5. The lowest BCUT2D eigenvalue weighted by Gasteiger charge is -2.08. The molecule has 0 radical (unpaired) electrons. The molecule has 0 fully saturated rings. The molecule has 128 valence electrons. The maximum absolute atomic E-state index is 14.1. The second kappa shape index (κ2) is 6.94. The van der Waals surface area contributed by atoms with Crippen LogP contribution in [0, 0.1) is 11.6 Å². The topological polar surface area (TPSA) is 69.9 Å². The number of esters is 1. The summed E-state index contributed by atoms with van der Waals surface area (Å²) in [5, 5.41) is 8.01. The average molecular weight is 365 g/mol. The fraction of sp³-hybridized carbons (Fsp3) is 0.125. The lowest BCUT2D eigenvalue weighted by molar-refractivity contribution is 0.0516. The Hall–Kier alpha value is -2.87. The molecule has 0 saturated heterocycles. The van der Waals surface area contributed by atoms with Crippen LogP contribution in [0.1, 0.15) is 17.4 Å². The summed E-state index contributed by atoms with van der Waals surface area (Å²) < 4.78 is 33.3. The first-order chi connectivity index (χ1) is 12.0. The van der Waals surface area contributed by atoms with Crippen LogP contribution < -0.4 is 0 Å². The molecule has 2 aromatic heterocycles. The maximum Gasteiger partial charge on any atom is 0.359 e. The number of carbonyl (C=O) groups excluding carboxylic acids is 1. The van der Waals surface area contributed by atoms with Crippen LogP contribution >= 0.6 is 11.6 Å². The average Bonchev–Trinajstić information content (AvgIpc) is 3.00. The number of carbonyl (C=O) groups is 1. The Morgan fingerprint density at radius 3 is 2.72 bits per heavy atom.